The maximum Gasteiger partial charge on any atom is 0.265 e. The number of hydrogen-bond acceptors (Lipinski definition) is 6. The molecule has 2 aromatic heterocycles. The van der Waals surface area contributed by atoms with Crippen LogP contribution < -0.4 is 0 Å². The van der Waals surface area contributed by atoms with Gasteiger partial charge in [0.2, 0.25) is 0 Å². The van der Waals surface area contributed by atoms with Crippen LogP contribution in [0, 0.1) is 13.8 Å². The fourth-order valence-electron chi connectivity index (χ4n) is 3.47. The van der Waals surface area contributed by atoms with Crippen molar-refractivity contribution in [1.82, 2.24) is 19.4 Å². The van der Waals surface area contributed by atoms with Gasteiger partial charge in [0.05, 0.1) is 16.5 Å². The first-order valence-corrected chi connectivity index (χ1v) is 11.9. The molecule has 0 unspecified atom stereocenters. The van der Waals surface area contributed by atoms with Crippen LogP contribution in [-0.2, 0) is 16.4 Å². The Morgan fingerprint density at radius 2 is 2.00 bits per heavy atom. The van der Waals surface area contributed by atoms with Crippen LogP contribution in [0.4, 0.5) is 0 Å². The van der Waals surface area contributed by atoms with Crippen molar-refractivity contribution in [3.8, 4) is 0 Å². The summed E-state index contributed by atoms with van der Waals surface area (Å²) < 4.78 is 25.5. The number of thiazole rings is 1. The van der Waals surface area contributed by atoms with Crippen molar-refractivity contribution in [2.24, 2.45) is 0 Å². The zero-order valence-electron chi connectivity index (χ0n) is 16.0. The average Bonchev–Trinajstić information content (AvgIpc) is 3.25. The second-order valence-electron chi connectivity index (χ2n) is 6.93. The summed E-state index contributed by atoms with van der Waals surface area (Å²) >= 11 is 1.45. The molecule has 1 aliphatic rings. The fourth-order valence-corrected chi connectivity index (χ4v) is 5.12. The first-order chi connectivity index (χ1) is 12.8. The standard InChI is InChI=1S/C18H26N4O3S2/c1-4-27(24,25)12-11-21-10-7-19-17(21)15-5-8-22(9-6-15)18(23)16-13(2)20-14(3)26-16/h7,10,15H,4-6,8-9,11-12H2,1-3H3. The van der Waals surface area contributed by atoms with Crippen LogP contribution in [0.25, 0.3) is 0 Å². The van der Waals surface area contributed by atoms with Crippen molar-refractivity contribution in [2.45, 2.75) is 46.1 Å². The Hall–Kier alpha value is -1.74. The largest absolute Gasteiger partial charge is 0.338 e. The number of carbonyl (C=O) groups is 1. The Morgan fingerprint density at radius 1 is 1.30 bits per heavy atom. The number of aromatic nitrogens is 3. The van der Waals surface area contributed by atoms with Gasteiger partial charge in [0.25, 0.3) is 5.91 Å². The minimum Gasteiger partial charge on any atom is -0.338 e. The molecule has 0 N–H and O–H groups in total. The van der Waals surface area contributed by atoms with Gasteiger partial charge in [-0.05, 0) is 26.7 Å². The van der Waals surface area contributed by atoms with Gasteiger partial charge in [-0.25, -0.2) is 18.4 Å². The molecule has 1 aliphatic heterocycles. The van der Waals surface area contributed by atoms with Gasteiger partial charge < -0.3 is 9.47 Å². The van der Waals surface area contributed by atoms with Gasteiger partial charge >= 0.3 is 0 Å². The lowest BCUT2D eigenvalue weighted by Gasteiger charge is -2.31. The summed E-state index contributed by atoms with van der Waals surface area (Å²) in [6.07, 6.45) is 5.25. The highest BCUT2D eigenvalue weighted by atomic mass is 32.2. The molecular formula is C18H26N4O3S2. The van der Waals surface area contributed by atoms with Gasteiger partial charge in [0.1, 0.15) is 10.7 Å². The van der Waals surface area contributed by atoms with E-state index in [9.17, 15) is 13.2 Å². The van der Waals surface area contributed by atoms with Crippen LogP contribution in [0.1, 0.15) is 51.9 Å². The lowest BCUT2D eigenvalue weighted by Crippen LogP contribution is -2.38. The molecule has 148 valence electrons. The highest BCUT2D eigenvalue weighted by Crippen LogP contribution is 2.29. The fraction of sp³-hybridized carbons (Fsp3) is 0.611. The Morgan fingerprint density at radius 3 is 2.59 bits per heavy atom. The minimum atomic E-state index is -3.00. The van der Waals surface area contributed by atoms with Gasteiger partial charge in [0, 0.05) is 43.7 Å². The number of amides is 1. The summed E-state index contributed by atoms with van der Waals surface area (Å²) in [5.74, 6) is 1.53. The molecule has 1 saturated heterocycles. The van der Waals surface area contributed by atoms with E-state index >= 15 is 0 Å². The molecule has 0 aliphatic carbocycles. The van der Waals surface area contributed by atoms with Crippen molar-refractivity contribution < 1.29 is 13.2 Å². The van der Waals surface area contributed by atoms with Crippen LogP contribution >= 0.6 is 11.3 Å². The topological polar surface area (TPSA) is 85.2 Å². The number of likely N-dealkylation sites (tertiary alicyclic amines) is 1. The smallest absolute Gasteiger partial charge is 0.265 e. The molecule has 0 spiro atoms. The molecule has 0 saturated carbocycles. The van der Waals surface area contributed by atoms with Gasteiger partial charge in [-0.3, -0.25) is 4.79 Å². The van der Waals surface area contributed by atoms with Gasteiger partial charge in [-0.15, -0.1) is 11.3 Å². The van der Waals surface area contributed by atoms with Crippen molar-refractivity contribution in [2.75, 3.05) is 24.6 Å². The summed E-state index contributed by atoms with van der Waals surface area (Å²) in [7, 11) is -3.00. The van der Waals surface area contributed by atoms with Crippen molar-refractivity contribution in [3.63, 3.8) is 0 Å². The molecule has 9 heteroatoms. The molecule has 0 aromatic carbocycles. The molecule has 3 heterocycles. The Bertz CT molecular complexity index is 909. The van der Waals surface area contributed by atoms with Crippen LogP contribution in [0.3, 0.4) is 0 Å². The molecule has 0 radical (unpaired) electrons. The second kappa shape index (κ2) is 8.10. The van der Waals surface area contributed by atoms with E-state index in [-0.39, 0.29) is 23.3 Å². The SMILES string of the molecule is CCS(=O)(=O)CCn1ccnc1C1CCN(C(=O)c2sc(C)nc2C)CC1. The summed E-state index contributed by atoms with van der Waals surface area (Å²) in [4.78, 5) is 24.2. The first-order valence-electron chi connectivity index (χ1n) is 9.25. The van der Waals surface area contributed by atoms with E-state index in [1.807, 2.05) is 29.5 Å². The third-order valence-electron chi connectivity index (χ3n) is 5.08. The van der Waals surface area contributed by atoms with E-state index in [1.54, 1.807) is 13.1 Å². The molecule has 0 atom stereocenters. The van der Waals surface area contributed by atoms with Crippen LogP contribution in [0.15, 0.2) is 12.4 Å². The number of imidazole rings is 1. The predicted molar refractivity (Wildman–Crippen MR) is 106 cm³/mol. The van der Waals surface area contributed by atoms with E-state index in [0.717, 1.165) is 34.2 Å². The number of carbonyl (C=O) groups excluding carboxylic acids is 1. The highest BCUT2D eigenvalue weighted by molar-refractivity contribution is 7.91. The molecular weight excluding hydrogens is 384 g/mol. The molecule has 2 aromatic rings. The number of hydrogen-bond donors (Lipinski definition) is 0. The lowest BCUT2D eigenvalue weighted by atomic mass is 9.95. The normalized spacial score (nSPS) is 16.0. The van der Waals surface area contributed by atoms with Crippen molar-refractivity contribution in [1.29, 1.82) is 0 Å². The molecule has 1 amide bonds. The zero-order valence-corrected chi connectivity index (χ0v) is 17.6. The molecule has 1 fully saturated rings. The maximum atomic E-state index is 12.7. The summed E-state index contributed by atoms with van der Waals surface area (Å²) in [5, 5.41) is 0.912. The molecule has 27 heavy (non-hydrogen) atoms. The van der Waals surface area contributed by atoms with E-state index in [0.29, 0.717) is 19.6 Å². The maximum absolute atomic E-state index is 12.7. The zero-order chi connectivity index (χ0) is 19.6. The highest BCUT2D eigenvalue weighted by Gasteiger charge is 2.28. The monoisotopic (exact) mass is 410 g/mol. The third kappa shape index (κ3) is 4.57. The van der Waals surface area contributed by atoms with Gasteiger partial charge in [-0.1, -0.05) is 6.92 Å². The first kappa shape index (κ1) is 20.0. The van der Waals surface area contributed by atoms with Crippen LogP contribution in [0.2, 0.25) is 0 Å². The van der Waals surface area contributed by atoms with Crippen molar-refractivity contribution in [3.05, 3.63) is 33.8 Å². The summed E-state index contributed by atoms with van der Waals surface area (Å²) in [6, 6.07) is 0. The number of aryl methyl sites for hydroxylation is 3. The third-order valence-corrected chi connectivity index (χ3v) is 7.82. The molecule has 3 rings (SSSR count). The van der Waals surface area contributed by atoms with E-state index in [1.165, 1.54) is 11.3 Å². The van der Waals surface area contributed by atoms with Gasteiger partial charge in [0.15, 0.2) is 9.84 Å². The Labute approximate surface area is 164 Å². The van der Waals surface area contributed by atoms with Gasteiger partial charge in [-0.2, -0.15) is 0 Å². The predicted octanol–water partition coefficient (Wildman–Crippen LogP) is 2.41. The Kier molecular flexibility index (Phi) is 6.00. The van der Waals surface area contributed by atoms with E-state index in [2.05, 4.69) is 9.97 Å². The van der Waals surface area contributed by atoms with E-state index < -0.39 is 9.84 Å². The second-order valence-corrected chi connectivity index (χ2v) is 10.6. The van der Waals surface area contributed by atoms with Crippen molar-refractivity contribution >= 4 is 27.1 Å². The number of rotatable bonds is 6. The van der Waals surface area contributed by atoms with Crippen LogP contribution in [0.5, 0.6) is 0 Å². The molecule has 7 nitrogen and oxygen atoms in total. The Balaban J connectivity index is 1.62. The minimum absolute atomic E-state index is 0.0638. The van der Waals surface area contributed by atoms with E-state index in [4.69, 9.17) is 0 Å². The summed E-state index contributed by atoms with van der Waals surface area (Å²) in [5.41, 5.74) is 0.803. The quantitative estimate of drug-likeness (QED) is 0.730. The number of nitrogens with zero attached hydrogens (tertiary/aromatic N) is 4. The number of piperidine rings is 1. The summed E-state index contributed by atoms with van der Waals surface area (Å²) in [6.45, 7) is 7.26. The lowest BCUT2D eigenvalue weighted by molar-refractivity contribution is 0.0714. The molecule has 0 bridgehead atoms. The van der Waals surface area contributed by atoms with Crippen LogP contribution in [-0.4, -0.2) is 58.4 Å². The number of sulfone groups is 1. The average molecular weight is 411 g/mol.